The zero-order chi connectivity index (χ0) is 13.7. The van der Waals surface area contributed by atoms with Crippen LogP contribution in [0.3, 0.4) is 0 Å². The summed E-state index contributed by atoms with van der Waals surface area (Å²) in [7, 11) is 0. The van der Waals surface area contributed by atoms with Crippen molar-refractivity contribution in [1.29, 1.82) is 0 Å². The molecule has 2 unspecified atom stereocenters. The number of nitrogens with one attached hydrogen (secondary N) is 1. The van der Waals surface area contributed by atoms with E-state index in [1.165, 1.54) is 19.3 Å². The van der Waals surface area contributed by atoms with Gasteiger partial charge in [0.05, 0.1) is 11.6 Å². The van der Waals surface area contributed by atoms with E-state index in [2.05, 4.69) is 12.2 Å². The second-order valence-corrected chi connectivity index (χ2v) is 5.58. The lowest BCUT2D eigenvalue weighted by Crippen LogP contribution is -2.29. The summed E-state index contributed by atoms with van der Waals surface area (Å²) in [5, 5.41) is 4.21. The van der Waals surface area contributed by atoms with Gasteiger partial charge in [0.15, 0.2) is 0 Å². The molecule has 0 aromatic heterocycles. The molecule has 0 spiro atoms. The van der Waals surface area contributed by atoms with Gasteiger partial charge in [-0.15, -0.1) is 0 Å². The second kappa shape index (κ2) is 7.01. The number of halogens is 1. The first-order valence-corrected chi connectivity index (χ1v) is 7.51. The Morgan fingerprint density at radius 2 is 2.26 bits per heavy atom. The highest BCUT2D eigenvalue weighted by atomic mass is 35.5. The summed E-state index contributed by atoms with van der Waals surface area (Å²) in [5.41, 5.74) is 6.86. The lowest BCUT2D eigenvalue weighted by atomic mass is 10.0. The molecule has 106 valence electrons. The average Bonchev–Trinajstić information content (AvgIpc) is 2.85. The maximum Gasteiger partial charge on any atom is 0.138 e. The molecule has 2 atom stereocenters. The van der Waals surface area contributed by atoms with E-state index in [-0.39, 0.29) is 0 Å². The molecule has 2 rings (SSSR count). The van der Waals surface area contributed by atoms with Crippen molar-refractivity contribution in [3.05, 3.63) is 23.2 Å². The summed E-state index contributed by atoms with van der Waals surface area (Å²) in [4.78, 5) is 0. The van der Waals surface area contributed by atoms with E-state index >= 15 is 0 Å². The van der Waals surface area contributed by atoms with Crippen LogP contribution in [0.5, 0.6) is 5.75 Å². The molecular formula is C15H23ClN2O. The van der Waals surface area contributed by atoms with Crippen molar-refractivity contribution in [3.63, 3.8) is 0 Å². The Kier molecular flexibility index (Phi) is 5.34. The number of nitrogens with two attached hydrogens (primary N) is 1. The maximum atomic E-state index is 6.23. The molecule has 1 saturated carbocycles. The lowest BCUT2D eigenvalue weighted by Gasteiger charge is -2.21. The number of benzene rings is 1. The maximum absolute atomic E-state index is 6.23. The SMILES string of the molecule is CCCOc1ccc(NC2CCCC2CN)cc1Cl. The normalized spacial score (nSPS) is 22.5. The van der Waals surface area contributed by atoms with Gasteiger partial charge in [-0.25, -0.2) is 0 Å². The van der Waals surface area contributed by atoms with Crippen molar-refractivity contribution in [3.8, 4) is 5.75 Å². The van der Waals surface area contributed by atoms with Crippen LogP contribution in [0, 0.1) is 5.92 Å². The van der Waals surface area contributed by atoms with Gasteiger partial charge >= 0.3 is 0 Å². The Hall–Kier alpha value is -0.930. The molecule has 0 amide bonds. The molecular weight excluding hydrogens is 260 g/mol. The Morgan fingerprint density at radius 3 is 2.95 bits per heavy atom. The molecule has 1 aliphatic rings. The molecule has 0 radical (unpaired) electrons. The van der Waals surface area contributed by atoms with Gasteiger partial charge < -0.3 is 15.8 Å². The monoisotopic (exact) mass is 282 g/mol. The summed E-state index contributed by atoms with van der Waals surface area (Å²) in [6.45, 7) is 3.53. The molecule has 0 aliphatic heterocycles. The zero-order valence-electron chi connectivity index (χ0n) is 11.5. The van der Waals surface area contributed by atoms with E-state index in [0.29, 0.717) is 23.6 Å². The zero-order valence-corrected chi connectivity index (χ0v) is 12.2. The minimum absolute atomic E-state index is 0.475. The molecule has 3 N–H and O–H groups in total. The third-order valence-electron chi connectivity index (χ3n) is 3.71. The summed E-state index contributed by atoms with van der Waals surface area (Å²) < 4.78 is 5.57. The lowest BCUT2D eigenvalue weighted by molar-refractivity contribution is 0.317. The average molecular weight is 283 g/mol. The summed E-state index contributed by atoms with van der Waals surface area (Å²) in [6.07, 6.45) is 4.65. The van der Waals surface area contributed by atoms with Crippen LogP contribution in [0.4, 0.5) is 5.69 Å². The minimum atomic E-state index is 0.475. The van der Waals surface area contributed by atoms with Crippen LogP contribution in [0.2, 0.25) is 5.02 Å². The van der Waals surface area contributed by atoms with Gasteiger partial charge in [0.25, 0.3) is 0 Å². The predicted molar refractivity (Wildman–Crippen MR) is 81.0 cm³/mol. The molecule has 1 aliphatic carbocycles. The van der Waals surface area contributed by atoms with Crippen LogP contribution in [0.15, 0.2) is 18.2 Å². The topological polar surface area (TPSA) is 47.3 Å². The third kappa shape index (κ3) is 3.77. The van der Waals surface area contributed by atoms with Crippen molar-refractivity contribution in [2.45, 2.75) is 38.6 Å². The molecule has 1 aromatic rings. The summed E-state index contributed by atoms with van der Waals surface area (Å²) >= 11 is 6.23. The largest absolute Gasteiger partial charge is 0.492 e. The number of rotatable bonds is 6. The highest BCUT2D eigenvalue weighted by Gasteiger charge is 2.25. The quantitative estimate of drug-likeness (QED) is 0.837. The Bertz CT molecular complexity index is 411. The van der Waals surface area contributed by atoms with Crippen LogP contribution < -0.4 is 15.8 Å². The van der Waals surface area contributed by atoms with E-state index in [0.717, 1.165) is 24.4 Å². The highest BCUT2D eigenvalue weighted by molar-refractivity contribution is 6.32. The molecule has 0 bridgehead atoms. The first-order chi connectivity index (χ1) is 9.24. The van der Waals surface area contributed by atoms with Gasteiger partial charge in [-0.05, 0) is 49.9 Å². The Labute approximate surface area is 120 Å². The second-order valence-electron chi connectivity index (χ2n) is 5.17. The van der Waals surface area contributed by atoms with Gasteiger partial charge in [-0.3, -0.25) is 0 Å². The van der Waals surface area contributed by atoms with Crippen molar-refractivity contribution >= 4 is 17.3 Å². The van der Waals surface area contributed by atoms with E-state index in [9.17, 15) is 0 Å². The smallest absolute Gasteiger partial charge is 0.138 e. The number of anilines is 1. The number of ether oxygens (including phenoxy) is 1. The van der Waals surface area contributed by atoms with E-state index in [1.807, 2.05) is 18.2 Å². The molecule has 3 nitrogen and oxygen atoms in total. The molecule has 0 saturated heterocycles. The summed E-state index contributed by atoms with van der Waals surface area (Å²) in [5.74, 6) is 1.34. The molecule has 4 heteroatoms. The molecule has 1 aromatic carbocycles. The van der Waals surface area contributed by atoms with Gasteiger partial charge in [-0.2, -0.15) is 0 Å². The van der Waals surface area contributed by atoms with Gasteiger partial charge in [0.2, 0.25) is 0 Å². The Balaban J connectivity index is 1.99. The van der Waals surface area contributed by atoms with Crippen molar-refractivity contribution in [2.24, 2.45) is 11.7 Å². The molecule has 0 heterocycles. The molecule has 1 fully saturated rings. The van der Waals surface area contributed by atoms with Crippen LogP contribution in [0.1, 0.15) is 32.6 Å². The van der Waals surface area contributed by atoms with E-state index in [1.54, 1.807) is 0 Å². The minimum Gasteiger partial charge on any atom is -0.492 e. The van der Waals surface area contributed by atoms with Crippen LogP contribution in [-0.2, 0) is 0 Å². The van der Waals surface area contributed by atoms with Gasteiger partial charge in [0.1, 0.15) is 5.75 Å². The fourth-order valence-electron chi connectivity index (χ4n) is 2.64. The highest BCUT2D eigenvalue weighted by Crippen LogP contribution is 2.31. The Morgan fingerprint density at radius 1 is 1.42 bits per heavy atom. The van der Waals surface area contributed by atoms with E-state index in [4.69, 9.17) is 22.1 Å². The number of hydrogen-bond donors (Lipinski definition) is 2. The first kappa shape index (κ1) is 14.5. The fourth-order valence-corrected chi connectivity index (χ4v) is 2.88. The fraction of sp³-hybridized carbons (Fsp3) is 0.600. The van der Waals surface area contributed by atoms with Gasteiger partial charge in [0, 0.05) is 11.7 Å². The van der Waals surface area contributed by atoms with Gasteiger partial charge in [-0.1, -0.05) is 24.9 Å². The standard InChI is InChI=1S/C15H23ClN2O/c1-2-8-19-15-7-6-12(9-13(15)16)18-14-5-3-4-11(14)10-17/h6-7,9,11,14,18H,2-5,8,10,17H2,1H3. The number of hydrogen-bond acceptors (Lipinski definition) is 3. The first-order valence-electron chi connectivity index (χ1n) is 7.13. The van der Waals surface area contributed by atoms with Crippen molar-refractivity contribution in [2.75, 3.05) is 18.5 Å². The van der Waals surface area contributed by atoms with Crippen LogP contribution >= 0.6 is 11.6 Å². The third-order valence-corrected chi connectivity index (χ3v) is 4.00. The van der Waals surface area contributed by atoms with Crippen LogP contribution in [0.25, 0.3) is 0 Å². The molecule has 19 heavy (non-hydrogen) atoms. The van der Waals surface area contributed by atoms with E-state index < -0.39 is 0 Å². The summed E-state index contributed by atoms with van der Waals surface area (Å²) in [6, 6.07) is 6.39. The van der Waals surface area contributed by atoms with Crippen LogP contribution in [-0.4, -0.2) is 19.2 Å². The van der Waals surface area contributed by atoms with Crippen molar-refractivity contribution in [1.82, 2.24) is 0 Å². The van der Waals surface area contributed by atoms with Crippen molar-refractivity contribution < 1.29 is 4.74 Å². The predicted octanol–water partition coefficient (Wildman–Crippen LogP) is 3.67.